The van der Waals surface area contributed by atoms with Crippen LogP contribution in [0, 0.1) is 10.1 Å². The van der Waals surface area contributed by atoms with E-state index in [4.69, 9.17) is 11.6 Å². The molecular formula is C16H15ClN3O4S+. The average molecular weight is 381 g/mol. The molecule has 1 heterocycles. The van der Waals surface area contributed by atoms with E-state index in [2.05, 4.69) is 5.32 Å². The van der Waals surface area contributed by atoms with Crippen LogP contribution in [0.4, 0.5) is 5.69 Å². The summed E-state index contributed by atoms with van der Waals surface area (Å²) in [6, 6.07) is 13.0. The smallest absolute Gasteiger partial charge is 0.273 e. The molecule has 0 saturated carbocycles. The molecule has 0 unspecified atom stereocenters. The van der Waals surface area contributed by atoms with Gasteiger partial charge in [0.1, 0.15) is 23.0 Å². The maximum absolute atomic E-state index is 12.9. The van der Waals surface area contributed by atoms with E-state index in [1.165, 1.54) is 16.1 Å². The Balaban J connectivity index is 2.02. The number of hydrogen-bond acceptors (Lipinski definition) is 5. The van der Waals surface area contributed by atoms with Crippen LogP contribution in [0.15, 0.2) is 53.4 Å². The van der Waals surface area contributed by atoms with Crippen molar-refractivity contribution in [3.63, 3.8) is 0 Å². The van der Waals surface area contributed by atoms with Crippen LogP contribution in [0.2, 0.25) is 5.02 Å². The molecule has 1 aliphatic heterocycles. The van der Waals surface area contributed by atoms with Gasteiger partial charge in [0.25, 0.3) is 11.5 Å². The predicted molar refractivity (Wildman–Crippen MR) is 93.6 cm³/mol. The minimum Gasteiger partial charge on any atom is -0.273 e. The summed E-state index contributed by atoms with van der Waals surface area (Å²) in [5.74, 6) is 0.545. The van der Waals surface area contributed by atoms with E-state index in [-0.39, 0.29) is 16.5 Å². The molecule has 1 N–H and O–H groups in total. The summed E-state index contributed by atoms with van der Waals surface area (Å²) in [6.07, 6.45) is 0.426. The van der Waals surface area contributed by atoms with Crippen molar-refractivity contribution < 1.29 is 17.3 Å². The van der Waals surface area contributed by atoms with E-state index < -0.39 is 20.6 Å². The summed E-state index contributed by atoms with van der Waals surface area (Å²) in [5, 5.41) is 14.0. The number of nitrogens with zero attached hydrogens (tertiary/aromatic N) is 2. The Bertz CT molecular complexity index is 959. The largest absolute Gasteiger partial charge is 0.331 e. The highest BCUT2D eigenvalue weighted by molar-refractivity contribution is 7.85. The lowest BCUT2D eigenvalue weighted by Gasteiger charge is -2.06. The second-order valence-corrected chi connectivity index (χ2v) is 7.75. The lowest BCUT2D eigenvalue weighted by molar-refractivity contribution is -0.385. The number of rotatable bonds is 5. The molecule has 0 aromatic heterocycles. The van der Waals surface area contributed by atoms with E-state index in [0.29, 0.717) is 18.8 Å². The van der Waals surface area contributed by atoms with Crippen LogP contribution < -0.4 is 5.32 Å². The Labute approximate surface area is 149 Å². The quantitative estimate of drug-likeness (QED) is 0.487. The van der Waals surface area contributed by atoms with E-state index in [9.17, 15) is 18.5 Å². The SMILES string of the molecule is O=[N+]([O-])c1cc(S(=O)(=O)[N+]2=C(Cc3ccccc3)NCC2)ccc1Cl. The Morgan fingerprint density at radius 1 is 1.20 bits per heavy atom. The van der Waals surface area contributed by atoms with Crippen LogP contribution >= 0.6 is 11.6 Å². The van der Waals surface area contributed by atoms with Gasteiger partial charge in [0.2, 0.25) is 0 Å². The van der Waals surface area contributed by atoms with Crippen LogP contribution in [0.5, 0.6) is 0 Å². The number of hydrogen-bond donors (Lipinski definition) is 1. The molecule has 130 valence electrons. The van der Waals surface area contributed by atoms with Crippen LogP contribution in [0.1, 0.15) is 5.56 Å². The molecule has 0 aliphatic carbocycles. The van der Waals surface area contributed by atoms with Gasteiger partial charge in [-0.1, -0.05) is 41.9 Å². The van der Waals surface area contributed by atoms with Crippen molar-refractivity contribution in [2.75, 3.05) is 13.1 Å². The number of nitro groups is 1. The Morgan fingerprint density at radius 2 is 1.92 bits per heavy atom. The minimum atomic E-state index is -3.91. The highest BCUT2D eigenvalue weighted by atomic mass is 35.5. The lowest BCUT2D eigenvalue weighted by Crippen LogP contribution is -2.29. The van der Waals surface area contributed by atoms with E-state index >= 15 is 0 Å². The van der Waals surface area contributed by atoms with Gasteiger partial charge in [-0.3, -0.25) is 15.4 Å². The Morgan fingerprint density at radius 3 is 2.60 bits per heavy atom. The molecular weight excluding hydrogens is 366 g/mol. The topological polar surface area (TPSA) is 92.3 Å². The predicted octanol–water partition coefficient (Wildman–Crippen LogP) is 2.19. The van der Waals surface area contributed by atoms with Gasteiger partial charge in [-0.2, -0.15) is 8.42 Å². The molecule has 7 nitrogen and oxygen atoms in total. The number of nitro benzene ring substituents is 1. The molecule has 0 spiro atoms. The van der Waals surface area contributed by atoms with Crippen molar-refractivity contribution >= 4 is 33.1 Å². The molecule has 2 aromatic carbocycles. The molecule has 0 bridgehead atoms. The van der Waals surface area contributed by atoms with Crippen LogP contribution in [-0.2, 0) is 16.4 Å². The summed E-state index contributed by atoms with van der Waals surface area (Å²) in [5.41, 5.74) is 0.536. The van der Waals surface area contributed by atoms with Crippen LogP contribution in [0.25, 0.3) is 0 Å². The van der Waals surface area contributed by atoms with Crippen LogP contribution in [0.3, 0.4) is 0 Å². The van der Waals surface area contributed by atoms with Crippen molar-refractivity contribution in [3.05, 3.63) is 69.2 Å². The first kappa shape index (κ1) is 17.4. The summed E-state index contributed by atoms with van der Waals surface area (Å²) < 4.78 is 27.1. The monoisotopic (exact) mass is 380 g/mol. The highest BCUT2D eigenvalue weighted by Crippen LogP contribution is 2.28. The zero-order valence-electron chi connectivity index (χ0n) is 13.1. The second kappa shape index (κ2) is 6.81. The van der Waals surface area contributed by atoms with E-state index in [0.717, 1.165) is 11.6 Å². The van der Waals surface area contributed by atoms with E-state index in [1.54, 1.807) is 0 Å². The van der Waals surface area contributed by atoms with Crippen LogP contribution in [-0.4, -0.2) is 36.2 Å². The van der Waals surface area contributed by atoms with Gasteiger partial charge in [0, 0.05) is 6.07 Å². The van der Waals surface area contributed by atoms with Crippen molar-refractivity contribution in [2.24, 2.45) is 0 Å². The molecule has 2 aromatic rings. The van der Waals surface area contributed by atoms with Gasteiger partial charge in [-0.15, -0.1) is 3.98 Å². The van der Waals surface area contributed by atoms with Crippen molar-refractivity contribution in [1.29, 1.82) is 0 Å². The van der Waals surface area contributed by atoms with Gasteiger partial charge >= 0.3 is 10.0 Å². The van der Waals surface area contributed by atoms with Crippen molar-refractivity contribution in [1.82, 2.24) is 5.32 Å². The molecule has 0 atom stereocenters. The Kier molecular flexibility index (Phi) is 4.73. The number of benzene rings is 2. The third kappa shape index (κ3) is 3.49. The fourth-order valence-electron chi connectivity index (χ4n) is 2.65. The molecule has 0 radical (unpaired) electrons. The minimum absolute atomic E-state index is 0.100. The molecule has 25 heavy (non-hydrogen) atoms. The fraction of sp³-hybridized carbons (Fsp3) is 0.188. The molecule has 0 amide bonds. The van der Waals surface area contributed by atoms with Gasteiger partial charge in [0.05, 0.1) is 11.3 Å². The average Bonchev–Trinajstić information content (AvgIpc) is 3.04. The number of halogens is 1. The highest BCUT2D eigenvalue weighted by Gasteiger charge is 2.34. The molecule has 1 aliphatic rings. The van der Waals surface area contributed by atoms with Gasteiger partial charge in [-0.05, 0) is 17.7 Å². The molecule has 3 rings (SSSR count). The summed E-state index contributed by atoms with van der Waals surface area (Å²) in [7, 11) is -3.91. The molecule has 9 heteroatoms. The standard InChI is InChI=1S/C16H14ClN3O4S/c17-14-7-6-13(11-15(14)20(21)22)25(23,24)19-9-8-18-16(19)10-12-4-2-1-3-5-12/h1-7,11H,8-10H2/p+1. The van der Waals surface area contributed by atoms with E-state index in [1.807, 2.05) is 30.3 Å². The number of amidine groups is 1. The summed E-state index contributed by atoms with van der Waals surface area (Å²) in [4.78, 5) is 10.2. The van der Waals surface area contributed by atoms with Crippen molar-refractivity contribution in [2.45, 2.75) is 11.3 Å². The third-order valence-corrected chi connectivity index (χ3v) is 6.01. The van der Waals surface area contributed by atoms with Crippen molar-refractivity contribution in [3.8, 4) is 0 Å². The molecule has 0 fully saturated rings. The third-order valence-electron chi connectivity index (χ3n) is 3.86. The maximum atomic E-state index is 12.9. The lowest BCUT2D eigenvalue weighted by atomic mass is 10.1. The first-order valence-electron chi connectivity index (χ1n) is 7.50. The Hall–Kier alpha value is -2.45. The molecule has 0 saturated heterocycles. The van der Waals surface area contributed by atoms with Gasteiger partial charge < -0.3 is 0 Å². The first-order valence-corrected chi connectivity index (χ1v) is 9.32. The zero-order valence-corrected chi connectivity index (χ0v) is 14.6. The summed E-state index contributed by atoms with van der Waals surface area (Å²) >= 11 is 5.77. The van der Waals surface area contributed by atoms with Gasteiger partial charge in [0.15, 0.2) is 0 Å². The fourth-order valence-corrected chi connectivity index (χ4v) is 4.34. The number of nitrogens with one attached hydrogen (secondary N) is 1. The normalized spacial score (nSPS) is 14.4. The second-order valence-electron chi connectivity index (χ2n) is 5.48. The number of sulfonamides is 1. The summed E-state index contributed by atoms with van der Waals surface area (Å²) in [6.45, 7) is 0.748. The van der Waals surface area contributed by atoms with Gasteiger partial charge in [-0.25, -0.2) is 0 Å². The first-order chi connectivity index (χ1) is 11.9. The zero-order chi connectivity index (χ0) is 18.0. The maximum Gasteiger partial charge on any atom is 0.331 e.